The summed E-state index contributed by atoms with van der Waals surface area (Å²) in [4.78, 5) is 12.4. The Hall–Kier alpha value is -2.14. The van der Waals surface area contributed by atoms with E-state index in [9.17, 15) is 4.79 Å². The van der Waals surface area contributed by atoms with Gasteiger partial charge in [-0.15, -0.1) is 0 Å². The highest BCUT2D eigenvalue weighted by atomic mass is 16.5. The molecule has 0 fully saturated rings. The molecular formula is C14H16N2O3. The SMILES string of the molecule is CN(CCC(=O)O)Cc1cc(-c2ccccc2)on1. The summed E-state index contributed by atoms with van der Waals surface area (Å²) in [5, 5.41) is 12.6. The molecule has 0 amide bonds. The Morgan fingerprint density at radius 1 is 1.37 bits per heavy atom. The normalized spacial score (nSPS) is 10.8. The second kappa shape index (κ2) is 6.15. The van der Waals surface area contributed by atoms with Gasteiger partial charge in [0.25, 0.3) is 0 Å². The van der Waals surface area contributed by atoms with Crippen molar-refractivity contribution in [2.75, 3.05) is 13.6 Å². The molecule has 100 valence electrons. The van der Waals surface area contributed by atoms with Gasteiger partial charge < -0.3 is 9.63 Å². The first-order valence-electron chi connectivity index (χ1n) is 6.06. The van der Waals surface area contributed by atoms with Gasteiger partial charge in [-0.05, 0) is 7.05 Å². The molecule has 1 N–H and O–H groups in total. The highest BCUT2D eigenvalue weighted by Gasteiger charge is 2.09. The second-order valence-corrected chi connectivity index (χ2v) is 4.43. The van der Waals surface area contributed by atoms with Gasteiger partial charge in [0, 0.05) is 24.7 Å². The summed E-state index contributed by atoms with van der Waals surface area (Å²) in [7, 11) is 1.86. The van der Waals surface area contributed by atoms with E-state index in [1.54, 1.807) is 0 Å². The van der Waals surface area contributed by atoms with Crippen LogP contribution in [0.1, 0.15) is 12.1 Å². The van der Waals surface area contributed by atoms with E-state index in [2.05, 4.69) is 5.16 Å². The van der Waals surface area contributed by atoms with Crippen molar-refractivity contribution in [3.05, 3.63) is 42.1 Å². The molecule has 19 heavy (non-hydrogen) atoms. The van der Waals surface area contributed by atoms with Gasteiger partial charge in [-0.2, -0.15) is 0 Å². The van der Waals surface area contributed by atoms with Crippen LogP contribution in [-0.4, -0.2) is 34.7 Å². The lowest BCUT2D eigenvalue weighted by atomic mass is 10.1. The summed E-state index contributed by atoms with van der Waals surface area (Å²) in [6, 6.07) is 11.6. The predicted molar refractivity (Wildman–Crippen MR) is 70.5 cm³/mol. The summed E-state index contributed by atoms with van der Waals surface area (Å²) in [6.07, 6.45) is 0.125. The Morgan fingerprint density at radius 3 is 2.79 bits per heavy atom. The van der Waals surface area contributed by atoms with E-state index >= 15 is 0 Å². The molecule has 0 saturated heterocycles. The highest BCUT2D eigenvalue weighted by molar-refractivity contribution is 5.66. The minimum absolute atomic E-state index is 0.125. The molecule has 0 atom stereocenters. The lowest BCUT2D eigenvalue weighted by molar-refractivity contribution is -0.137. The van der Waals surface area contributed by atoms with Crippen LogP contribution in [0, 0.1) is 0 Å². The Balaban J connectivity index is 1.96. The van der Waals surface area contributed by atoms with Crippen LogP contribution >= 0.6 is 0 Å². The minimum Gasteiger partial charge on any atom is -0.481 e. The molecule has 0 radical (unpaired) electrons. The number of rotatable bonds is 6. The molecule has 0 aliphatic rings. The maximum atomic E-state index is 10.5. The van der Waals surface area contributed by atoms with Crippen LogP contribution in [0.3, 0.4) is 0 Å². The molecular weight excluding hydrogens is 244 g/mol. The number of carbonyl (C=O) groups is 1. The summed E-state index contributed by atoms with van der Waals surface area (Å²) in [5.74, 6) is -0.0702. The van der Waals surface area contributed by atoms with Crippen LogP contribution in [0.5, 0.6) is 0 Å². The van der Waals surface area contributed by atoms with Crippen molar-refractivity contribution in [1.82, 2.24) is 10.1 Å². The molecule has 0 bridgehead atoms. The van der Waals surface area contributed by atoms with Gasteiger partial charge in [0.2, 0.25) is 0 Å². The van der Waals surface area contributed by atoms with Crippen LogP contribution in [-0.2, 0) is 11.3 Å². The number of benzene rings is 1. The van der Waals surface area contributed by atoms with E-state index in [4.69, 9.17) is 9.63 Å². The molecule has 5 heteroatoms. The van der Waals surface area contributed by atoms with E-state index < -0.39 is 5.97 Å². The minimum atomic E-state index is -0.794. The third-order valence-electron chi connectivity index (χ3n) is 2.76. The van der Waals surface area contributed by atoms with Gasteiger partial charge in [-0.25, -0.2) is 0 Å². The van der Waals surface area contributed by atoms with E-state index in [0.717, 1.165) is 17.0 Å². The molecule has 0 saturated carbocycles. The smallest absolute Gasteiger partial charge is 0.304 e. The number of carboxylic acids is 1. The van der Waals surface area contributed by atoms with E-state index in [-0.39, 0.29) is 6.42 Å². The zero-order chi connectivity index (χ0) is 13.7. The first-order chi connectivity index (χ1) is 9.15. The van der Waals surface area contributed by atoms with Crippen molar-refractivity contribution in [2.45, 2.75) is 13.0 Å². The molecule has 0 aliphatic heterocycles. The summed E-state index contributed by atoms with van der Waals surface area (Å²) in [5.41, 5.74) is 1.78. The summed E-state index contributed by atoms with van der Waals surface area (Å²) < 4.78 is 5.28. The average molecular weight is 260 g/mol. The van der Waals surface area contributed by atoms with Crippen molar-refractivity contribution in [2.24, 2.45) is 0 Å². The molecule has 2 rings (SSSR count). The third-order valence-corrected chi connectivity index (χ3v) is 2.76. The first-order valence-corrected chi connectivity index (χ1v) is 6.06. The first kappa shape index (κ1) is 13.3. The molecule has 0 unspecified atom stereocenters. The van der Waals surface area contributed by atoms with Crippen molar-refractivity contribution in [3.8, 4) is 11.3 Å². The monoisotopic (exact) mass is 260 g/mol. The van der Waals surface area contributed by atoms with Gasteiger partial charge in [0.15, 0.2) is 5.76 Å². The van der Waals surface area contributed by atoms with Gasteiger partial charge >= 0.3 is 5.97 Å². The predicted octanol–water partition coefficient (Wildman–Crippen LogP) is 2.25. The second-order valence-electron chi connectivity index (χ2n) is 4.43. The molecule has 1 aromatic heterocycles. The van der Waals surface area contributed by atoms with Crippen LogP contribution in [0.25, 0.3) is 11.3 Å². The summed E-state index contributed by atoms with van der Waals surface area (Å²) in [6.45, 7) is 1.06. The molecule has 1 heterocycles. The van der Waals surface area contributed by atoms with Gasteiger partial charge in [0.05, 0.1) is 12.1 Å². The van der Waals surface area contributed by atoms with E-state index in [0.29, 0.717) is 13.1 Å². The number of nitrogens with zero attached hydrogens (tertiary/aromatic N) is 2. The average Bonchev–Trinajstić information content (AvgIpc) is 2.86. The lowest BCUT2D eigenvalue weighted by Crippen LogP contribution is -2.21. The van der Waals surface area contributed by atoms with Gasteiger partial charge in [-0.1, -0.05) is 35.5 Å². The highest BCUT2D eigenvalue weighted by Crippen LogP contribution is 2.20. The third kappa shape index (κ3) is 3.93. The van der Waals surface area contributed by atoms with Crippen LogP contribution in [0.2, 0.25) is 0 Å². The number of carboxylic acid groups (broad SMARTS) is 1. The molecule has 1 aromatic carbocycles. The maximum absolute atomic E-state index is 10.5. The fourth-order valence-electron chi connectivity index (χ4n) is 1.77. The Kier molecular flexibility index (Phi) is 4.30. The Bertz CT molecular complexity index is 537. The van der Waals surface area contributed by atoms with E-state index in [1.807, 2.05) is 48.3 Å². The standard InChI is InChI=1S/C14H16N2O3/c1-16(8-7-14(17)18)10-12-9-13(19-15-12)11-5-3-2-4-6-11/h2-6,9H,7-8,10H2,1H3,(H,17,18). The van der Waals surface area contributed by atoms with Gasteiger partial charge in [-0.3, -0.25) is 9.69 Å². The van der Waals surface area contributed by atoms with Crippen LogP contribution in [0.15, 0.2) is 40.9 Å². The largest absolute Gasteiger partial charge is 0.481 e. The van der Waals surface area contributed by atoms with Crippen molar-refractivity contribution in [3.63, 3.8) is 0 Å². The maximum Gasteiger partial charge on any atom is 0.304 e. The number of hydrogen-bond donors (Lipinski definition) is 1. The molecule has 5 nitrogen and oxygen atoms in total. The Morgan fingerprint density at radius 2 is 2.11 bits per heavy atom. The Labute approximate surface area is 111 Å². The van der Waals surface area contributed by atoms with Crippen molar-refractivity contribution >= 4 is 5.97 Å². The molecule has 2 aromatic rings. The van der Waals surface area contributed by atoms with E-state index in [1.165, 1.54) is 0 Å². The lowest BCUT2D eigenvalue weighted by Gasteiger charge is -2.12. The number of hydrogen-bond acceptors (Lipinski definition) is 4. The fourth-order valence-corrected chi connectivity index (χ4v) is 1.77. The van der Waals surface area contributed by atoms with Crippen molar-refractivity contribution in [1.29, 1.82) is 0 Å². The number of aromatic nitrogens is 1. The molecule has 0 spiro atoms. The van der Waals surface area contributed by atoms with Crippen LogP contribution in [0.4, 0.5) is 0 Å². The topological polar surface area (TPSA) is 66.6 Å². The quantitative estimate of drug-likeness (QED) is 0.862. The van der Waals surface area contributed by atoms with Crippen molar-refractivity contribution < 1.29 is 14.4 Å². The zero-order valence-electron chi connectivity index (χ0n) is 10.7. The molecule has 0 aliphatic carbocycles. The number of aliphatic carboxylic acids is 1. The van der Waals surface area contributed by atoms with Gasteiger partial charge in [0.1, 0.15) is 0 Å². The fraction of sp³-hybridized carbons (Fsp3) is 0.286. The van der Waals surface area contributed by atoms with Crippen LogP contribution < -0.4 is 0 Å². The zero-order valence-corrected chi connectivity index (χ0v) is 10.7. The summed E-state index contributed by atoms with van der Waals surface area (Å²) >= 11 is 0.